The predicted molar refractivity (Wildman–Crippen MR) is 69.7 cm³/mol. The molecule has 94 valence electrons. The molecule has 3 heteroatoms. The summed E-state index contributed by atoms with van der Waals surface area (Å²) in [6, 6.07) is 5.96. The smallest absolute Gasteiger partial charge is 0.146 e. The summed E-state index contributed by atoms with van der Waals surface area (Å²) in [5.74, 6) is 0.268. The first-order valence-electron chi connectivity index (χ1n) is 6.29. The first-order valence-corrected chi connectivity index (χ1v) is 6.29. The molecule has 1 fully saturated rings. The Morgan fingerprint density at radius 2 is 2.06 bits per heavy atom. The second-order valence-corrected chi connectivity index (χ2v) is 5.20. The molecule has 3 atom stereocenters. The molecule has 0 radical (unpaired) electrons. The third-order valence-electron chi connectivity index (χ3n) is 4.04. The van der Waals surface area contributed by atoms with Crippen LogP contribution in [0.25, 0.3) is 0 Å². The first-order chi connectivity index (χ1) is 8.00. The molecule has 0 spiro atoms. The summed E-state index contributed by atoms with van der Waals surface area (Å²) in [4.78, 5) is 2.14. The van der Waals surface area contributed by atoms with Crippen molar-refractivity contribution < 1.29 is 4.39 Å². The highest BCUT2D eigenvalue weighted by Gasteiger charge is 2.31. The molecule has 1 aromatic rings. The van der Waals surface area contributed by atoms with Gasteiger partial charge in [0.2, 0.25) is 0 Å². The lowest BCUT2D eigenvalue weighted by Gasteiger charge is -2.42. The molecule has 2 nitrogen and oxygen atoms in total. The van der Waals surface area contributed by atoms with Gasteiger partial charge in [-0.05, 0) is 43.9 Å². The number of nitrogens with zero attached hydrogens (tertiary/aromatic N) is 1. The standard InChI is InChI=1S/C14H21FN2/c1-9-4-5-14(12(15)8-9)17-7-6-13(16)10(2)11(17)3/h4-5,8,10-11,13H,6-7,16H2,1-3H3. The van der Waals surface area contributed by atoms with Crippen LogP contribution in [-0.2, 0) is 0 Å². The van der Waals surface area contributed by atoms with Gasteiger partial charge in [-0.2, -0.15) is 0 Å². The number of nitrogens with two attached hydrogens (primary N) is 1. The van der Waals surface area contributed by atoms with Gasteiger partial charge in [-0.3, -0.25) is 0 Å². The fraction of sp³-hybridized carbons (Fsp3) is 0.571. The molecule has 1 aromatic carbocycles. The van der Waals surface area contributed by atoms with E-state index in [0.717, 1.165) is 18.5 Å². The topological polar surface area (TPSA) is 29.3 Å². The lowest BCUT2D eigenvalue weighted by atomic mass is 9.87. The Balaban J connectivity index is 2.28. The van der Waals surface area contributed by atoms with Gasteiger partial charge in [0.05, 0.1) is 5.69 Å². The summed E-state index contributed by atoms with van der Waals surface area (Å²) in [5.41, 5.74) is 7.72. The van der Waals surface area contributed by atoms with Crippen molar-refractivity contribution >= 4 is 5.69 Å². The molecule has 0 amide bonds. The molecule has 1 aliphatic heterocycles. The van der Waals surface area contributed by atoms with E-state index in [9.17, 15) is 4.39 Å². The summed E-state index contributed by atoms with van der Waals surface area (Å²) in [7, 11) is 0. The second-order valence-electron chi connectivity index (χ2n) is 5.20. The molecule has 0 saturated carbocycles. The number of hydrogen-bond acceptors (Lipinski definition) is 2. The van der Waals surface area contributed by atoms with Crippen LogP contribution in [0.5, 0.6) is 0 Å². The Morgan fingerprint density at radius 1 is 1.35 bits per heavy atom. The Labute approximate surface area is 103 Å². The van der Waals surface area contributed by atoms with Crippen molar-refractivity contribution in [1.29, 1.82) is 0 Å². The third kappa shape index (κ3) is 2.29. The van der Waals surface area contributed by atoms with Gasteiger partial charge in [0.25, 0.3) is 0 Å². The SMILES string of the molecule is Cc1ccc(N2CCC(N)C(C)C2C)c(F)c1. The van der Waals surface area contributed by atoms with E-state index in [4.69, 9.17) is 5.73 Å². The zero-order valence-corrected chi connectivity index (χ0v) is 10.8. The van der Waals surface area contributed by atoms with E-state index in [-0.39, 0.29) is 17.9 Å². The van der Waals surface area contributed by atoms with Gasteiger partial charge in [0, 0.05) is 18.6 Å². The monoisotopic (exact) mass is 236 g/mol. The quantitative estimate of drug-likeness (QED) is 0.812. The molecule has 17 heavy (non-hydrogen) atoms. The van der Waals surface area contributed by atoms with E-state index >= 15 is 0 Å². The summed E-state index contributed by atoms with van der Waals surface area (Å²) in [6.07, 6.45) is 0.929. The molecule has 0 bridgehead atoms. The van der Waals surface area contributed by atoms with Crippen molar-refractivity contribution in [2.24, 2.45) is 11.7 Å². The van der Waals surface area contributed by atoms with E-state index < -0.39 is 0 Å². The fourth-order valence-corrected chi connectivity index (χ4v) is 2.58. The maximum Gasteiger partial charge on any atom is 0.146 e. The number of halogens is 1. The van der Waals surface area contributed by atoms with E-state index in [1.165, 1.54) is 0 Å². The predicted octanol–water partition coefficient (Wildman–Crippen LogP) is 2.70. The average molecular weight is 236 g/mol. The van der Waals surface area contributed by atoms with Gasteiger partial charge >= 0.3 is 0 Å². The van der Waals surface area contributed by atoms with Crippen LogP contribution in [0.3, 0.4) is 0 Å². The minimum absolute atomic E-state index is 0.125. The maximum absolute atomic E-state index is 14.0. The highest BCUT2D eigenvalue weighted by atomic mass is 19.1. The fourth-order valence-electron chi connectivity index (χ4n) is 2.58. The molecular weight excluding hydrogens is 215 g/mol. The van der Waals surface area contributed by atoms with Gasteiger partial charge in [-0.25, -0.2) is 4.39 Å². The minimum atomic E-state index is -0.125. The van der Waals surface area contributed by atoms with Gasteiger partial charge in [-0.1, -0.05) is 13.0 Å². The normalized spacial score (nSPS) is 29.5. The van der Waals surface area contributed by atoms with E-state index in [2.05, 4.69) is 18.7 Å². The van der Waals surface area contributed by atoms with Crippen molar-refractivity contribution in [2.45, 2.75) is 39.3 Å². The van der Waals surface area contributed by atoms with Crippen LogP contribution in [0.2, 0.25) is 0 Å². The van der Waals surface area contributed by atoms with Crippen LogP contribution in [0, 0.1) is 18.7 Å². The Kier molecular flexibility index (Phi) is 3.38. The first kappa shape index (κ1) is 12.4. The largest absolute Gasteiger partial charge is 0.366 e. The van der Waals surface area contributed by atoms with Gasteiger partial charge in [0.1, 0.15) is 5.82 Å². The molecule has 1 heterocycles. The number of hydrogen-bond donors (Lipinski definition) is 1. The van der Waals surface area contributed by atoms with Crippen LogP contribution in [0.1, 0.15) is 25.8 Å². The van der Waals surface area contributed by atoms with Crippen LogP contribution in [-0.4, -0.2) is 18.6 Å². The van der Waals surface area contributed by atoms with E-state index in [1.54, 1.807) is 6.07 Å². The summed E-state index contributed by atoms with van der Waals surface area (Å²) < 4.78 is 14.0. The van der Waals surface area contributed by atoms with Crippen LogP contribution >= 0.6 is 0 Å². The number of anilines is 1. The zero-order chi connectivity index (χ0) is 12.6. The Morgan fingerprint density at radius 3 is 2.71 bits per heavy atom. The van der Waals surface area contributed by atoms with Gasteiger partial charge < -0.3 is 10.6 Å². The highest BCUT2D eigenvalue weighted by molar-refractivity contribution is 5.50. The second kappa shape index (κ2) is 4.65. The molecular formula is C14H21FN2. The summed E-state index contributed by atoms with van der Waals surface area (Å²) in [5, 5.41) is 0. The molecule has 0 aliphatic carbocycles. The van der Waals surface area contributed by atoms with Crippen molar-refractivity contribution in [3.63, 3.8) is 0 Å². The Hall–Kier alpha value is -1.09. The van der Waals surface area contributed by atoms with Crippen LogP contribution < -0.4 is 10.6 Å². The maximum atomic E-state index is 14.0. The van der Waals surface area contributed by atoms with Gasteiger partial charge in [0.15, 0.2) is 0 Å². The summed E-state index contributed by atoms with van der Waals surface area (Å²) in [6.45, 7) is 7.02. The van der Waals surface area contributed by atoms with E-state index in [0.29, 0.717) is 11.6 Å². The lowest BCUT2D eigenvalue weighted by molar-refractivity contribution is 0.313. The number of piperidine rings is 1. The van der Waals surface area contributed by atoms with Crippen molar-refractivity contribution in [3.05, 3.63) is 29.6 Å². The number of aryl methyl sites for hydroxylation is 1. The molecule has 2 N–H and O–H groups in total. The third-order valence-corrected chi connectivity index (χ3v) is 4.04. The lowest BCUT2D eigenvalue weighted by Crippen LogP contribution is -2.52. The summed E-state index contributed by atoms with van der Waals surface area (Å²) >= 11 is 0. The van der Waals surface area contributed by atoms with Crippen LogP contribution in [0.15, 0.2) is 18.2 Å². The average Bonchev–Trinajstić information content (AvgIpc) is 2.28. The molecule has 1 saturated heterocycles. The molecule has 1 aliphatic rings. The van der Waals surface area contributed by atoms with Gasteiger partial charge in [-0.15, -0.1) is 0 Å². The Bertz CT molecular complexity index is 405. The van der Waals surface area contributed by atoms with Crippen molar-refractivity contribution in [2.75, 3.05) is 11.4 Å². The minimum Gasteiger partial charge on any atom is -0.366 e. The number of benzene rings is 1. The molecule has 3 unspecified atom stereocenters. The van der Waals surface area contributed by atoms with Crippen LogP contribution in [0.4, 0.5) is 10.1 Å². The highest BCUT2D eigenvalue weighted by Crippen LogP contribution is 2.30. The zero-order valence-electron chi connectivity index (χ0n) is 10.8. The number of rotatable bonds is 1. The van der Waals surface area contributed by atoms with Crippen molar-refractivity contribution in [1.82, 2.24) is 0 Å². The molecule has 0 aromatic heterocycles. The van der Waals surface area contributed by atoms with E-state index in [1.807, 2.05) is 19.1 Å². The molecule has 2 rings (SSSR count). The van der Waals surface area contributed by atoms with Crippen molar-refractivity contribution in [3.8, 4) is 0 Å².